The summed E-state index contributed by atoms with van der Waals surface area (Å²) >= 11 is 0. The lowest BCUT2D eigenvalue weighted by molar-refractivity contribution is -0.153. The van der Waals surface area contributed by atoms with Crippen molar-refractivity contribution >= 4 is 11.9 Å². The van der Waals surface area contributed by atoms with Crippen molar-refractivity contribution < 1.29 is 23.8 Å². The predicted molar refractivity (Wildman–Crippen MR) is 69.9 cm³/mol. The first-order valence-electron chi connectivity index (χ1n) is 6.35. The Morgan fingerprint density at radius 2 is 2.05 bits per heavy atom. The molecule has 0 radical (unpaired) electrons. The summed E-state index contributed by atoms with van der Waals surface area (Å²) < 4.78 is 15.2. The molecule has 2 unspecified atom stereocenters. The standard InChI is InChI=1S/C14H17NO5/c1-18-14(17)12(10-5-3-2-4-6-10)15-13(16)11-9-19-7-8-20-11/h2-6,11-12H,7-9H2,1H3,(H,15,16). The highest BCUT2D eigenvalue weighted by Crippen LogP contribution is 2.15. The Morgan fingerprint density at radius 3 is 2.65 bits per heavy atom. The number of benzene rings is 1. The zero-order valence-electron chi connectivity index (χ0n) is 11.2. The summed E-state index contributed by atoms with van der Waals surface area (Å²) in [5.74, 6) is -0.912. The van der Waals surface area contributed by atoms with Gasteiger partial charge in [0.15, 0.2) is 12.1 Å². The van der Waals surface area contributed by atoms with Crippen molar-refractivity contribution in [2.24, 2.45) is 0 Å². The van der Waals surface area contributed by atoms with E-state index >= 15 is 0 Å². The molecule has 1 fully saturated rings. The second-order valence-corrected chi connectivity index (χ2v) is 4.31. The van der Waals surface area contributed by atoms with Gasteiger partial charge in [-0.25, -0.2) is 4.79 Å². The second kappa shape index (κ2) is 7.02. The van der Waals surface area contributed by atoms with Crippen LogP contribution in [0.3, 0.4) is 0 Å². The maximum absolute atomic E-state index is 12.1. The molecule has 1 amide bonds. The second-order valence-electron chi connectivity index (χ2n) is 4.31. The topological polar surface area (TPSA) is 73.9 Å². The number of hydrogen-bond acceptors (Lipinski definition) is 5. The molecule has 2 atom stereocenters. The van der Waals surface area contributed by atoms with Gasteiger partial charge < -0.3 is 19.5 Å². The SMILES string of the molecule is COC(=O)C(NC(=O)C1COCCO1)c1ccccc1. The number of carbonyl (C=O) groups is 2. The van der Waals surface area contributed by atoms with Crippen LogP contribution in [0.1, 0.15) is 11.6 Å². The average Bonchev–Trinajstić information content (AvgIpc) is 2.53. The summed E-state index contributed by atoms with van der Waals surface area (Å²) in [6, 6.07) is 8.06. The van der Waals surface area contributed by atoms with Gasteiger partial charge >= 0.3 is 5.97 Å². The molecule has 1 aliphatic rings. The predicted octanol–water partition coefficient (Wildman–Crippen LogP) is 0.432. The Kier molecular flexibility index (Phi) is 5.09. The number of methoxy groups -OCH3 is 1. The lowest BCUT2D eigenvalue weighted by Gasteiger charge is -2.24. The maximum atomic E-state index is 12.1. The van der Waals surface area contributed by atoms with Crippen LogP contribution in [0.15, 0.2) is 30.3 Å². The molecule has 0 bridgehead atoms. The third kappa shape index (κ3) is 3.55. The lowest BCUT2D eigenvalue weighted by atomic mass is 10.1. The third-order valence-corrected chi connectivity index (χ3v) is 2.96. The molecule has 20 heavy (non-hydrogen) atoms. The summed E-state index contributed by atoms with van der Waals surface area (Å²) in [5.41, 5.74) is 0.657. The number of hydrogen-bond donors (Lipinski definition) is 1. The number of esters is 1. The number of rotatable bonds is 4. The molecule has 1 aromatic carbocycles. The van der Waals surface area contributed by atoms with E-state index < -0.39 is 18.1 Å². The molecule has 1 aromatic rings. The van der Waals surface area contributed by atoms with E-state index in [4.69, 9.17) is 14.2 Å². The van der Waals surface area contributed by atoms with Gasteiger partial charge in [0.25, 0.3) is 5.91 Å². The van der Waals surface area contributed by atoms with E-state index in [-0.39, 0.29) is 12.5 Å². The van der Waals surface area contributed by atoms with E-state index in [9.17, 15) is 9.59 Å². The quantitative estimate of drug-likeness (QED) is 0.809. The molecule has 0 aliphatic carbocycles. The molecule has 1 N–H and O–H groups in total. The highest BCUT2D eigenvalue weighted by molar-refractivity contribution is 5.87. The van der Waals surface area contributed by atoms with Crippen LogP contribution in [0, 0.1) is 0 Å². The minimum absolute atomic E-state index is 0.189. The Hall–Kier alpha value is -1.92. The Bertz CT molecular complexity index is 456. The number of carbonyl (C=O) groups excluding carboxylic acids is 2. The molecule has 6 nitrogen and oxygen atoms in total. The minimum Gasteiger partial charge on any atom is -0.467 e. The van der Waals surface area contributed by atoms with Crippen LogP contribution in [-0.4, -0.2) is 44.9 Å². The van der Waals surface area contributed by atoms with Crippen molar-refractivity contribution in [3.05, 3.63) is 35.9 Å². The molecule has 1 aliphatic heterocycles. The summed E-state index contributed by atoms with van der Waals surface area (Å²) in [5, 5.41) is 2.64. The molecule has 1 saturated heterocycles. The fraction of sp³-hybridized carbons (Fsp3) is 0.429. The van der Waals surface area contributed by atoms with Crippen molar-refractivity contribution in [3.8, 4) is 0 Å². The van der Waals surface area contributed by atoms with E-state index in [1.54, 1.807) is 24.3 Å². The van der Waals surface area contributed by atoms with E-state index in [0.717, 1.165) is 0 Å². The highest BCUT2D eigenvalue weighted by atomic mass is 16.6. The van der Waals surface area contributed by atoms with Gasteiger partial charge in [-0.1, -0.05) is 30.3 Å². The minimum atomic E-state index is -0.848. The van der Waals surface area contributed by atoms with Gasteiger partial charge in [0.1, 0.15) is 0 Å². The van der Waals surface area contributed by atoms with Crippen molar-refractivity contribution in [2.75, 3.05) is 26.9 Å². The van der Waals surface area contributed by atoms with Crippen LogP contribution >= 0.6 is 0 Å². The average molecular weight is 279 g/mol. The van der Waals surface area contributed by atoms with E-state index in [1.807, 2.05) is 6.07 Å². The van der Waals surface area contributed by atoms with Gasteiger partial charge in [0.2, 0.25) is 0 Å². The first kappa shape index (κ1) is 14.5. The fourth-order valence-corrected chi connectivity index (χ4v) is 1.92. The first-order valence-corrected chi connectivity index (χ1v) is 6.35. The van der Waals surface area contributed by atoms with Gasteiger partial charge in [-0.15, -0.1) is 0 Å². The van der Waals surface area contributed by atoms with E-state index in [1.165, 1.54) is 7.11 Å². The Morgan fingerprint density at radius 1 is 1.30 bits per heavy atom. The van der Waals surface area contributed by atoms with E-state index in [2.05, 4.69) is 5.32 Å². The Labute approximate surface area is 117 Å². The normalized spacial score (nSPS) is 19.9. The van der Waals surface area contributed by atoms with E-state index in [0.29, 0.717) is 18.8 Å². The number of amides is 1. The van der Waals surface area contributed by atoms with Crippen molar-refractivity contribution in [1.82, 2.24) is 5.32 Å². The first-order chi connectivity index (χ1) is 9.72. The van der Waals surface area contributed by atoms with Gasteiger partial charge in [0.05, 0.1) is 26.9 Å². The molecule has 2 rings (SSSR count). The van der Waals surface area contributed by atoms with Gasteiger partial charge in [0, 0.05) is 0 Å². The molecule has 0 aromatic heterocycles. The molecule has 0 spiro atoms. The summed E-state index contributed by atoms with van der Waals surface area (Å²) in [7, 11) is 1.28. The zero-order chi connectivity index (χ0) is 14.4. The highest BCUT2D eigenvalue weighted by Gasteiger charge is 2.29. The maximum Gasteiger partial charge on any atom is 0.333 e. The van der Waals surface area contributed by atoms with Crippen molar-refractivity contribution in [2.45, 2.75) is 12.1 Å². The Balaban J connectivity index is 2.08. The fourth-order valence-electron chi connectivity index (χ4n) is 1.92. The molecule has 108 valence electrons. The van der Waals surface area contributed by atoms with Crippen LogP contribution < -0.4 is 5.32 Å². The third-order valence-electron chi connectivity index (χ3n) is 2.96. The smallest absolute Gasteiger partial charge is 0.333 e. The monoisotopic (exact) mass is 279 g/mol. The van der Waals surface area contributed by atoms with Crippen LogP contribution in [0.5, 0.6) is 0 Å². The molecular formula is C14H17NO5. The summed E-state index contributed by atoms with van der Waals surface area (Å²) in [6.45, 7) is 1.03. The van der Waals surface area contributed by atoms with Gasteiger partial charge in [-0.2, -0.15) is 0 Å². The van der Waals surface area contributed by atoms with Crippen LogP contribution in [-0.2, 0) is 23.8 Å². The largest absolute Gasteiger partial charge is 0.467 e. The van der Waals surface area contributed by atoms with Crippen LogP contribution in [0.25, 0.3) is 0 Å². The molecule has 0 saturated carbocycles. The molecular weight excluding hydrogens is 262 g/mol. The summed E-state index contributed by atoms with van der Waals surface area (Å²) in [4.78, 5) is 23.9. The number of nitrogens with one attached hydrogen (secondary N) is 1. The molecule has 6 heteroatoms. The van der Waals surface area contributed by atoms with Crippen LogP contribution in [0.2, 0.25) is 0 Å². The van der Waals surface area contributed by atoms with Crippen LogP contribution in [0.4, 0.5) is 0 Å². The van der Waals surface area contributed by atoms with Crippen molar-refractivity contribution in [3.63, 3.8) is 0 Å². The lowest BCUT2D eigenvalue weighted by Crippen LogP contribution is -2.45. The molecule has 1 heterocycles. The number of ether oxygens (including phenoxy) is 3. The van der Waals surface area contributed by atoms with Gasteiger partial charge in [-0.3, -0.25) is 4.79 Å². The summed E-state index contributed by atoms with van der Waals surface area (Å²) in [6.07, 6.45) is -0.695. The van der Waals surface area contributed by atoms with Gasteiger partial charge in [-0.05, 0) is 5.56 Å². The van der Waals surface area contributed by atoms with Crippen molar-refractivity contribution in [1.29, 1.82) is 0 Å². The zero-order valence-corrected chi connectivity index (χ0v) is 11.2.